The van der Waals surface area contributed by atoms with E-state index in [1.165, 1.54) is 18.4 Å². The molecular formula is C14H20Se. The van der Waals surface area contributed by atoms with Gasteiger partial charge in [0.25, 0.3) is 0 Å². The average Bonchev–Trinajstić information content (AvgIpc) is 2.30. The second-order valence-electron chi connectivity index (χ2n) is 3.98. The van der Waals surface area contributed by atoms with Gasteiger partial charge >= 0.3 is 99.8 Å². The molecule has 0 bridgehead atoms. The minimum absolute atomic E-state index is 0.400. The van der Waals surface area contributed by atoms with Gasteiger partial charge in [0.2, 0.25) is 0 Å². The van der Waals surface area contributed by atoms with Crippen LogP contribution >= 0.6 is 0 Å². The summed E-state index contributed by atoms with van der Waals surface area (Å²) >= 11 is 0.648. The first-order valence-corrected chi connectivity index (χ1v) is 8.01. The molecule has 0 nitrogen and oxygen atoms in total. The molecule has 0 aliphatic carbocycles. The summed E-state index contributed by atoms with van der Waals surface area (Å²) in [6, 6.07) is 10.9. The summed E-state index contributed by atoms with van der Waals surface area (Å²) in [6.07, 6.45) is 5.69. The molecule has 82 valence electrons. The molecule has 1 rings (SSSR count). The summed E-state index contributed by atoms with van der Waals surface area (Å²) < 4.78 is 0.400. The van der Waals surface area contributed by atoms with Crippen molar-refractivity contribution in [2.75, 3.05) is 0 Å². The Balaban J connectivity index is 2.71. The Labute approximate surface area is 99.9 Å². The summed E-state index contributed by atoms with van der Waals surface area (Å²) in [5, 5.41) is 0. The SMILES string of the molecule is C=CCCCC(C)([Se]C)c1ccccc1. The number of unbranched alkanes of at least 4 members (excludes halogenated alkanes) is 1. The van der Waals surface area contributed by atoms with Gasteiger partial charge in [-0.1, -0.05) is 0 Å². The topological polar surface area (TPSA) is 0 Å². The van der Waals surface area contributed by atoms with E-state index in [2.05, 4.69) is 49.7 Å². The van der Waals surface area contributed by atoms with Crippen molar-refractivity contribution >= 4 is 15.0 Å². The molecule has 0 radical (unpaired) electrons. The Hall–Kier alpha value is -0.521. The van der Waals surface area contributed by atoms with E-state index in [0.717, 1.165) is 6.42 Å². The Morgan fingerprint density at radius 1 is 1.33 bits per heavy atom. The zero-order valence-electron chi connectivity index (χ0n) is 9.70. The van der Waals surface area contributed by atoms with Crippen molar-refractivity contribution in [3.05, 3.63) is 48.6 Å². The summed E-state index contributed by atoms with van der Waals surface area (Å²) in [4.78, 5) is 0. The van der Waals surface area contributed by atoms with E-state index in [0.29, 0.717) is 19.3 Å². The van der Waals surface area contributed by atoms with Crippen molar-refractivity contribution < 1.29 is 0 Å². The van der Waals surface area contributed by atoms with Crippen LogP contribution in [0.2, 0.25) is 5.82 Å². The average molecular weight is 267 g/mol. The maximum absolute atomic E-state index is 3.78. The molecule has 0 spiro atoms. The molecule has 0 amide bonds. The summed E-state index contributed by atoms with van der Waals surface area (Å²) in [6.45, 7) is 6.18. The van der Waals surface area contributed by atoms with Crippen LogP contribution in [-0.2, 0) is 4.31 Å². The number of allylic oxidation sites excluding steroid dienone is 1. The summed E-state index contributed by atoms with van der Waals surface area (Å²) in [7, 11) is 0. The Morgan fingerprint density at radius 2 is 2.00 bits per heavy atom. The van der Waals surface area contributed by atoms with E-state index in [9.17, 15) is 0 Å². The molecular weight excluding hydrogens is 247 g/mol. The summed E-state index contributed by atoms with van der Waals surface area (Å²) in [5.74, 6) is 2.34. The molecule has 0 saturated heterocycles. The van der Waals surface area contributed by atoms with E-state index in [4.69, 9.17) is 0 Å². The Kier molecular flexibility index (Phi) is 5.14. The number of benzene rings is 1. The first-order chi connectivity index (χ1) is 7.23. The second-order valence-corrected chi connectivity index (χ2v) is 6.73. The van der Waals surface area contributed by atoms with Gasteiger partial charge in [-0.15, -0.1) is 0 Å². The van der Waals surface area contributed by atoms with Crippen LogP contribution in [0.4, 0.5) is 0 Å². The number of hydrogen-bond donors (Lipinski definition) is 0. The van der Waals surface area contributed by atoms with Gasteiger partial charge < -0.3 is 0 Å². The van der Waals surface area contributed by atoms with Crippen molar-refractivity contribution in [2.24, 2.45) is 0 Å². The van der Waals surface area contributed by atoms with E-state index in [1.807, 2.05) is 6.08 Å². The van der Waals surface area contributed by atoms with Gasteiger partial charge in [-0.2, -0.15) is 0 Å². The molecule has 1 unspecified atom stereocenters. The molecule has 1 atom stereocenters. The standard InChI is InChI=1S/C14H20Se/c1-4-5-9-12-14(2,15-3)13-10-7-6-8-11-13/h4,6-8,10-11H,1,5,9,12H2,2-3H3. The molecule has 0 fully saturated rings. The quantitative estimate of drug-likeness (QED) is 0.415. The van der Waals surface area contributed by atoms with Gasteiger partial charge in [0.15, 0.2) is 0 Å². The van der Waals surface area contributed by atoms with Gasteiger partial charge in [-0.05, 0) is 0 Å². The third-order valence-electron chi connectivity index (χ3n) is 2.90. The molecule has 0 heterocycles. The summed E-state index contributed by atoms with van der Waals surface area (Å²) in [5.41, 5.74) is 1.50. The molecule has 0 aliphatic heterocycles. The van der Waals surface area contributed by atoms with Crippen LogP contribution in [0.5, 0.6) is 0 Å². The van der Waals surface area contributed by atoms with Gasteiger partial charge in [0, 0.05) is 0 Å². The Morgan fingerprint density at radius 3 is 2.53 bits per heavy atom. The molecule has 0 aliphatic rings. The van der Waals surface area contributed by atoms with Gasteiger partial charge in [-0.3, -0.25) is 0 Å². The third kappa shape index (κ3) is 3.52. The van der Waals surface area contributed by atoms with Crippen molar-refractivity contribution in [3.63, 3.8) is 0 Å². The zero-order valence-corrected chi connectivity index (χ0v) is 11.4. The van der Waals surface area contributed by atoms with Crippen LogP contribution in [0.3, 0.4) is 0 Å². The van der Waals surface area contributed by atoms with Crippen LogP contribution in [-0.4, -0.2) is 15.0 Å². The molecule has 0 N–H and O–H groups in total. The van der Waals surface area contributed by atoms with E-state index in [1.54, 1.807) is 0 Å². The van der Waals surface area contributed by atoms with Crippen molar-refractivity contribution in [1.82, 2.24) is 0 Å². The molecule has 1 aromatic carbocycles. The predicted octanol–water partition coefficient (Wildman–Crippen LogP) is 4.01. The molecule has 15 heavy (non-hydrogen) atoms. The third-order valence-corrected chi connectivity index (χ3v) is 5.71. The maximum atomic E-state index is 3.78. The van der Waals surface area contributed by atoms with Crippen LogP contribution in [0.1, 0.15) is 31.7 Å². The fraction of sp³-hybridized carbons (Fsp3) is 0.429. The van der Waals surface area contributed by atoms with E-state index in [-0.39, 0.29) is 0 Å². The van der Waals surface area contributed by atoms with E-state index >= 15 is 0 Å². The normalized spacial score (nSPS) is 14.5. The van der Waals surface area contributed by atoms with E-state index < -0.39 is 0 Å². The second kappa shape index (κ2) is 6.15. The van der Waals surface area contributed by atoms with Crippen LogP contribution in [0.25, 0.3) is 0 Å². The van der Waals surface area contributed by atoms with Crippen LogP contribution in [0.15, 0.2) is 43.0 Å². The van der Waals surface area contributed by atoms with Crippen LogP contribution in [0, 0.1) is 0 Å². The van der Waals surface area contributed by atoms with Crippen molar-refractivity contribution in [3.8, 4) is 0 Å². The van der Waals surface area contributed by atoms with Gasteiger partial charge in [0.1, 0.15) is 0 Å². The van der Waals surface area contributed by atoms with Crippen molar-refractivity contribution in [1.29, 1.82) is 0 Å². The Bertz CT molecular complexity index is 291. The fourth-order valence-electron chi connectivity index (χ4n) is 1.74. The number of rotatable bonds is 6. The predicted molar refractivity (Wildman–Crippen MR) is 69.5 cm³/mol. The molecule has 0 saturated carbocycles. The van der Waals surface area contributed by atoms with Crippen molar-refractivity contribution in [2.45, 2.75) is 36.3 Å². The van der Waals surface area contributed by atoms with Gasteiger partial charge in [0.05, 0.1) is 0 Å². The first-order valence-electron chi connectivity index (χ1n) is 5.44. The molecule has 0 aromatic heterocycles. The van der Waals surface area contributed by atoms with Gasteiger partial charge in [-0.25, -0.2) is 0 Å². The van der Waals surface area contributed by atoms with Crippen LogP contribution < -0.4 is 0 Å². The molecule has 1 heteroatoms. The first kappa shape index (κ1) is 12.5. The minimum atomic E-state index is 0.400. The zero-order chi connectivity index (χ0) is 11.1. The monoisotopic (exact) mass is 268 g/mol. The molecule has 1 aromatic rings. The fourth-order valence-corrected chi connectivity index (χ4v) is 3.25. The number of hydrogen-bond acceptors (Lipinski definition) is 0.